The van der Waals surface area contributed by atoms with Crippen molar-refractivity contribution in [2.24, 2.45) is 0 Å². The molecule has 1 N–H and O–H groups in total. The highest BCUT2D eigenvalue weighted by atomic mass is 19.1. The van der Waals surface area contributed by atoms with Gasteiger partial charge in [-0.05, 0) is 59.4 Å². The molecular weight excluding hydrogens is 431 g/mol. The molecule has 34 heavy (non-hydrogen) atoms. The molecule has 0 aromatic heterocycles. The van der Waals surface area contributed by atoms with Gasteiger partial charge in [0.1, 0.15) is 11.6 Å². The lowest BCUT2D eigenvalue weighted by Gasteiger charge is -2.37. The van der Waals surface area contributed by atoms with E-state index in [1.54, 1.807) is 24.0 Å². The summed E-state index contributed by atoms with van der Waals surface area (Å²) in [5.74, 6) is 0.0269. The third-order valence-corrected chi connectivity index (χ3v) is 6.19. The predicted octanol–water partition coefficient (Wildman–Crippen LogP) is 4.79. The van der Waals surface area contributed by atoms with Gasteiger partial charge >= 0.3 is 0 Å². The van der Waals surface area contributed by atoms with E-state index in [9.17, 15) is 14.0 Å². The maximum atomic E-state index is 13.6. The first-order valence-electron chi connectivity index (χ1n) is 11.6. The van der Waals surface area contributed by atoms with Crippen LogP contribution in [0, 0.1) is 5.82 Å². The number of halogens is 1. The second-order valence-electron chi connectivity index (χ2n) is 8.50. The average molecular weight is 461 g/mol. The van der Waals surface area contributed by atoms with Crippen molar-refractivity contribution in [2.75, 3.05) is 6.54 Å². The summed E-state index contributed by atoms with van der Waals surface area (Å²) in [4.78, 5) is 27.0. The summed E-state index contributed by atoms with van der Waals surface area (Å²) in [7, 11) is 0. The summed E-state index contributed by atoms with van der Waals surface area (Å²) in [6.45, 7) is 4.48. The van der Waals surface area contributed by atoms with Crippen molar-refractivity contribution in [3.63, 3.8) is 0 Å². The smallest absolute Gasteiger partial charge is 0.261 e. The first kappa shape index (κ1) is 23.5. The fourth-order valence-electron chi connectivity index (χ4n) is 4.40. The Hall–Kier alpha value is -3.67. The van der Waals surface area contributed by atoms with Gasteiger partial charge in [-0.3, -0.25) is 9.59 Å². The Balaban J connectivity index is 1.56. The van der Waals surface area contributed by atoms with Crippen molar-refractivity contribution in [3.8, 4) is 5.75 Å². The van der Waals surface area contributed by atoms with Crippen molar-refractivity contribution in [3.05, 3.63) is 101 Å². The normalized spacial score (nSPS) is 15.9. The van der Waals surface area contributed by atoms with E-state index < -0.39 is 6.10 Å². The van der Waals surface area contributed by atoms with Gasteiger partial charge in [-0.2, -0.15) is 0 Å². The van der Waals surface area contributed by atoms with Crippen LogP contribution in [0.4, 0.5) is 4.39 Å². The van der Waals surface area contributed by atoms with Crippen molar-refractivity contribution in [1.82, 2.24) is 10.2 Å². The zero-order chi connectivity index (χ0) is 24.1. The number of benzene rings is 3. The SMILES string of the molecule is CC[C@@H](Oc1ccc2c(c1)[C@@H](c1ccc(F)cc1)N(C(C)=O)CC2)C(=O)NCc1ccccc1. The van der Waals surface area contributed by atoms with Crippen LogP contribution in [0.1, 0.15) is 48.6 Å². The predicted molar refractivity (Wildman–Crippen MR) is 129 cm³/mol. The van der Waals surface area contributed by atoms with Gasteiger partial charge in [-0.25, -0.2) is 4.39 Å². The van der Waals surface area contributed by atoms with E-state index in [-0.39, 0.29) is 23.7 Å². The summed E-state index contributed by atoms with van der Waals surface area (Å²) in [5, 5.41) is 2.94. The van der Waals surface area contributed by atoms with E-state index in [1.807, 2.05) is 55.5 Å². The van der Waals surface area contributed by atoms with Crippen LogP contribution in [0.2, 0.25) is 0 Å². The number of nitrogens with zero attached hydrogens (tertiary/aromatic N) is 1. The molecule has 0 fully saturated rings. The van der Waals surface area contributed by atoms with Gasteiger partial charge in [0.25, 0.3) is 5.91 Å². The molecule has 1 aliphatic heterocycles. The largest absolute Gasteiger partial charge is 0.481 e. The zero-order valence-corrected chi connectivity index (χ0v) is 19.5. The van der Waals surface area contributed by atoms with E-state index in [0.29, 0.717) is 25.3 Å². The first-order chi connectivity index (χ1) is 16.5. The lowest BCUT2D eigenvalue weighted by atomic mass is 9.88. The molecule has 0 bridgehead atoms. The molecule has 0 radical (unpaired) electrons. The number of rotatable bonds is 7. The number of carbonyl (C=O) groups is 2. The number of fused-ring (bicyclic) bond motifs is 1. The van der Waals surface area contributed by atoms with Gasteiger partial charge in [-0.1, -0.05) is 55.5 Å². The lowest BCUT2D eigenvalue weighted by Crippen LogP contribution is -2.39. The number of hydrogen-bond acceptors (Lipinski definition) is 3. The Kier molecular flexibility index (Phi) is 7.26. The Morgan fingerprint density at radius 3 is 2.50 bits per heavy atom. The summed E-state index contributed by atoms with van der Waals surface area (Å²) in [6, 6.07) is 21.4. The number of amides is 2. The second kappa shape index (κ2) is 10.5. The topological polar surface area (TPSA) is 58.6 Å². The molecule has 0 unspecified atom stereocenters. The van der Waals surface area contributed by atoms with E-state index in [0.717, 1.165) is 28.7 Å². The van der Waals surface area contributed by atoms with Crippen LogP contribution in [0.5, 0.6) is 5.75 Å². The van der Waals surface area contributed by atoms with Gasteiger partial charge in [-0.15, -0.1) is 0 Å². The molecule has 2 amide bonds. The minimum atomic E-state index is -0.640. The number of hydrogen-bond donors (Lipinski definition) is 1. The van der Waals surface area contributed by atoms with Crippen LogP contribution in [0.3, 0.4) is 0 Å². The number of nitrogens with one attached hydrogen (secondary N) is 1. The molecule has 0 saturated carbocycles. The molecule has 3 aromatic rings. The molecule has 0 spiro atoms. The molecule has 176 valence electrons. The van der Waals surface area contributed by atoms with Crippen molar-refractivity contribution >= 4 is 11.8 Å². The Labute approximate surface area is 199 Å². The minimum absolute atomic E-state index is 0.0435. The van der Waals surface area contributed by atoms with Gasteiger partial charge in [0, 0.05) is 20.0 Å². The zero-order valence-electron chi connectivity index (χ0n) is 19.5. The molecule has 4 rings (SSSR count). The maximum Gasteiger partial charge on any atom is 0.261 e. The summed E-state index contributed by atoms with van der Waals surface area (Å²) in [5.41, 5.74) is 3.90. The molecule has 6 heteroatoms. The standard InChI is InChI=1S/C28H29FN2O3/c1-3-26(28(33)30-18-20-7-5-4-6-8-20)34-24-14-11-21-15-16-31(19(2)32)27(25(21)17-24)22-9-12-23(29)13-10-22/h4-14,17,26-27H,3,15-16,18H2,1-2H3,(H,30,33)/t26-,27-/m1/s1. The highest BCUT2D eigenvalue weighted by Crippen LogP contribution is 2.37. The Morgan fingerprint density at radius 2 is 1.82 bits per heavy atom. The Morgan fingerprint density at radius 1 is 1.09 bits per heavy atom. The average Bonchev–Trinajstić information content (AvgIpc) is 2.86. The minimum Gasteiger partial charge on any atom is -0.481 e. The van der Waals surface area contributed by atoms with Gasteiger partial charge in [0.2, 0.25) is 5.91 Å². The van der Waals surface area contributed by atoms with Crippen LogP contribution in [0.15, 0.2) is 72.8 Å². The highest BCUT2D eigenvalue weighted by Gasteiger charge is 2.31. The third kappa shape index (κ3) is 5.28. The number of carbonyl (C=O) groups excluding carboxylic acids is 2. The molecule has 1 aliphatic rings. The van der Waals surface area contributed by atoms with E-state index in [2.05, 4.69) is 5.32 Å². The Bertz CT molecular complexity index is 1150. The fourth-order valence-corrected chi connectivity index (χ4v) is 4.40. The molecule has 0 saturated heterocycles. The van der Waals surface area contributed by atoms with Gasteiger partial charge in [0.15, 0.2) is 6.10 Å². The highest BCUT2D eigenvalue weighted by molar-refractivity contribution is 5.81. The first-order valence-corrected chi connectivity index (χ1v) is 11.6. The lowest BCUT2D eigenvalue weighted by molar-refractivity contribution is -0.131. The number of ether oxygens (including phenoxy) is 1. The van der Waals surface area contributed by atoms with Gasteiger partial charge < -0.3 is 15.0 Å². The molecule has 2 atom stereocenters. The van der Waals surface area contributed by atoms with E-state index in [1.165, 1.54) is 12.1 Å². The molecule has 1 heterocycles. The van der Waals surface area contributed by atoms with E-state index >= 15 is 0 Å². The van der Waals surface area contributed by atoms with Crippen LogP contribution in [-0.4, -0.2) is 29.4 Å². The quantitative estimate of drug-likeness (QED) is 0.551. The van der Waals surface area contributed by atoms with Crippen LogP contribution in [0.25, 0.3) is 0 Å². The van der Waals surface area contributed by atoms with Crippen molar-refractivity contribution in [2.45, 2.75) is 45.4 Å². The van der Waals surface area contributed by atoms with Gasteiger partial charge in [0.05, 0.1) is 6.04 Å². The molecule has 5 nitrogen and oxygen atoms in total. The van der Waals surface area contributed by atoms with Crippen molar-refractivity contribution in [1.29, 1.82) is 0 Å². The molecule has 3 aromatic carbocycles. The molecular formula is C28H29FN2O3. The monoisotopic (exact) mass is 460 g/mol. The summed E-state index contributed by atoms with van der Waals surface area (Å²) < 4.78 is 19.7. The van der Waals surface area contributed by atoms with Crippen LogP contribution >= 0.6 is 0 Å². The van der Waals surface area contributed by atoms with Crippen molar-refractivity contribution < 1.29 is 18.7 Å². The van der Waals surface area contributed by atoms with Crippen LogP contribution in [-0.2, 0) is 22.6 Å². The van der Waals surface area contributed by atoms with Crippen LogP contribution < -0.4 is 10.1 Å². The van der Waals surface area contributed by atoms with E-state index in [4.69, 9.17) is 4.74 Å². The summed E-state index contributed by atoms with van der Waals surface area (Å²) in [6.07, 6.45) is 0.596. The fraction of sp³-hybridized carbons (Fsp3) is 0.286. The summed E-state index contributed by atoms with van der Waals surface area (Å²) >= 11 is 0. The second-order valence-corrected chi connectivity index (χ2v) is 8.50. The molecule has 0 aliphatic carbocycles. The maximum absolute atomic E-state index is 13.6. The third-order valence-electron chi connectivity index (χ3n) is 6.19.